The Morgan fingerprint density at radius 2 is 2.00 bits per heavy atom. The maximum absolute atomic E-state index is 11.0. The first kappa shape index (κ1) is 11.8. The Bertz CT molecular complexity index is 534. The van der Waals surface area contributed by atoms with Crippen molar-refractivity contribution in [2.75, 3.05) is 0 Å². The highest BCUT2D eigenvalue weighted by Crippen LogP contribution is 2.26. The minimum absolute atomic E-state index is 0.191. The molecule has 1 heterocycles. The predicted molar refractivity (Wildman–Crippen MR) is 70.1 cm³/mol. The molecule has 2 N–H and O–H groups in total. The number of thioether (sulfide) groups is 1. The molecule has 86 valence electrons. The summed E-state index contributed by atoms with van der Waals surface area (Å²) in [7, 11) is 0. The molecule has 1 fully saturated rings. The minimum Gasteiger partial charge on any atom is -0.478 e. The summed E-state index contributed by atoms with van der Waals surface area (Å²) in [6, 6.07) is 6.35. The number of rotatable bonds is 2. The van der Waals surface area contributed by atoms with Gasteiger partial charge >= 0.3 is 5.97 Å². The molecule has 1 amide bonds. The molecular formula is C11H7NO3S2. The third-order valence-corrected chi connectivity index (χ3v) is 3.38. The number of carbonyl (C=O) groups is 2. The molecule has 1 aromatic carbocycles. The van der Waals surface area contributed by atoms with E-state index in [4.69, 9.17) is 17.3 Å². The van der Waals surface area contributed by atoms with E-state index in [0.29, 0.717) is 9.89 Å². The number of benzene rings is 1. The molecule has 1 aliphatic heterocycles. The second-order valence-corrected chi connectivity index (χ2v) is 4.70. The summed E-state index contributed by atoms with van der Waals surface area (Å²) in [6.07, 6.45) is 1.75. The normalized spacial score (nSPS) is 17.3. The highest BCUT2D eigenvalue weighted by molar-refractivity contribution is 8.19. The van der Waals surface area contributed by atoms with E-state index in [9.17, 15) is 9.59 Å². The Kier molecular flexibility index (Phi) is 3.26. The van der Waals surface area contributed by atoms with Crippen LogP contribution in [0.5, 0.6) is 0 Å². The van der Waals surface area contributed by atoms with Crippen molar-refractivity contribution in [2.45, 2.75) is 0 Å². The van der Waals surface area contributed by atoms with E-state index < -0.39 is 5.97 Å². The predicted octanol–water partition coefficient (Wildman–Crippen LogP) is 2.51. The molecule has 2 rings (SSSR count). The molecule has 0 aromatic heterocycles. The molecule has 0 saturated carbocycles. The topological polar surface area (TPSA) is 66.4 Å². The molecule has 0 radical (unpaired) electrons. The molecular weight excluding hydrogens is 258 g/mol. The second kappa shape index (κ2) is 4.68. The maximum Gasteiger partial charge on any atom is 0.335 e. The van der Waals surface area contributed by atoms with Gasteiger partial charge in [0, 0.05) is 0 Å². The number of carbonyl (C=O) groups excluding carboxylic acids is 1. The number of aromatic carboxylic acids is 1. The van der Waals surface area contributed by atoms with Gasteiger partial charge < -0.3 is 10.4 Å². The Morgan fingerprint density at radius 1 is 1.35 bits per heavy atom. The molecule has 1 aromatic rings. The van der Waals surface area contributed by atoms with Gasteiger partial charge in [-0.15, -0.1) is 0 Å². The van der Waals surface area contributed by atoms with Crippen LogP contribution in [0.3, 0.4) is 0 Å². The Morgan fingerprint density at radius 3 is 2.47 bits per heavy atom. The van der Waals surface area contributed by atoms with Crippen LogP contribution in [0, 0.1) is 0 Å². The lowest BCUT2D eigenvalue weighted by Gasteiger charge is -1.97. The molecule has 6 heteroatoms. The smallest absolute Gasteiger partial charge is 0.335 e. The van der Waals surface area contributed by atoms with Gasteiger partial charge in [0.05, 0.1) is 10.5 Å². The largest absolute Gasteiger partial charge is 0.478 e. The van der Waals surface area contributed by atoms with Crippen molar-refractivity contribution < 1.29 is 14.7 Å². The van der Waals surface area contributed by atoms with Crippen LogP contribution in [-0.2, 0) is 0 Å². The van der Waals surface area contributed by atoms with Crippen molar-refractivity contribution in [3.63, 3.8) is 0 Å². The van der Waals surface area contributed by atoms with E-state index >= 15 is 0 Å². The van der Waals surface area contributed by atoms with Gasteiger partial charge in [-0.2, -0.15) is 0 Å². The third kappa shape index (κ3) is 2.72. The fraction of sp³-hybridized carbons (Fsp3) is 0. The van der Waals surface area contributed by atoms with E-state index in [1.54, 1.807) is 18.2 Å². The zero-order valence-electron chi connectivity index (χ0n) is 8.47. The fourth-order valence-corrected chi connectivity index (χ4v) is 2.33. The van der Waals surface area contributed by atoms with Gasteiger partial charge in [0.2, 0.25) is 0 Å². The number of nitrogens with one attached hydrogen (secondary N) is 1. The molecule has 17 heavy (non-hydrogen) atoms. The van der Waals surface area contributed by atoms with Crippen LogP contribution < -0.4 is 5.32 Å². The lowest BCUT2D eigenvalue weighted by Crippen LogP contribution is -2.15. The molecule has 0 aliphatic carbocycles. The molecule has 0 spiro atoms. The van der Waals surface area contributed by atoms with Crippen molar-refractivity contribution >= 4 is 46.3 Å². The summed E-state index contributed by atoms with van der Waals surface area (Å²) in [5.41, 5.74) is 1.03. The van der Waals surface area contributed by atoms with Gasteiger partial charge in [0.15, 0.2) is 0 Å². The van der Waals surface area contributed by atoms with Gasteiger partial charge in [0.25, 0.3) is 5.24 Å². The van der Waals surface area contributed by atoms with E-state index in [1.807, 2.05) is 0 Å². The lowest BCUT2D eigenvalue weighted by atomic mass is 10.1. The minimum atomic E-state index is -0.966. The SMILES string of the molecule is O=C1NC(=S)/C(=C/c2ccc(C(=O)O)cc2)S1. The van der Waals surface area contributed by atoms with Crippen LogP contribution in [0.25, 0.3) is 6.08 Å². The van der Waals surface area contributed by atoms with Gasteiger partial charge in [-0.05, 0) is 35.5 Å². The molecule has 1 aliphatic rings. The van der Waals surface area contributed by atoms with Gasteiger partial charge in [0.1, 0.15) is 4.99 Å². The van der Waals surface area contributed by atoms with Crippen molar-refractivity contribution in [1.29, 1.82) is 0 Å². The average molecular weight is 265 g/mol. The Labute approximate surface area is 107 Å². The van der Waals surface area contributed by atoms with Gasteiger partial charge in [-0.25, -0.2) is 4.79 Å². The zero-order valence-corrected chi connectivity index (χ0v) is 10.1. The Balaban J connectivity index is 2.24. The summed E-state index contributed by atoms with van der Waals surface area (Å²) in [4.78, 5) is 22.8. The van der Waals surface area contributed by atoms with E-state index in [1.165, 1.54) is 12.1 Å². The highest BCUT2D eigenvalue weighted by Gasteiger charge is 2.21. The van der Waals surface area contributed by atoms with Crippen molar-refractivity contribution in [3.05, 3.63) is 40.3 Å². The summed E-state index contributed by atoms with van der Waals surface area (Å²) < 4.78 is 0. The fourth-order valence-electron chi connectivity index (χ4n) is 1.29. The highest BCUT2D eigenvalue weighted by atomic mass is 32.2. The summed E-state index contributed by atoms with van der Waals surface area (Å²) in [5, 5.41) is 11.1. The van der Waals surface area contributed by atoms with E-state index in [0.717, 1.165) is 17.3 Å². The van der Waals surface area contributed by atoms with Gasteiger partial charge in [-0.3, -0.25) is 4.79 Å². The third-order valence-electron chi connectivity index (χ3n) is 2.10. The van der Waals surface area contributed by atoms with Crippen LogP contribution in [0.1, 0.15) is 15.9 Å². The number of thiocarbonyl (C=S) groups is 1. The first-order chi connectivity index (χ1) is 8.06. The standard InChI is InChI=1S/C11H7NO3S2/c13-10(14)7-3-1-6(2-4-7)5-8-9(16)12-11(15)17-8/h1-5H,(H,13,14)(H,12,15,16)/b8-5-. The van der Waals surface area contributed by atoms with Crippen molar-refractivity contribution in [2.24, 2.45) is 0 Å². The number of amides is 1. The molecule has 1 saturated heterocycles. The van der Waals surface area contributed by atoms with Crippen LogP contribution in [0.15, 0.2) is 29.2 Å². The van der Waals surface area contributed by atoms with Crippen LogP contribution in [0.4, 0.5) is 4.79 Å². The number of hydrogen-bond acceptors (Lipinski definition) is 4. The van der Waals surface area contributed by atoms with Crippen LogP contribution in [-0.4, -0.2) is 21.3 Å². The summed E-state index contributed by atoms with van der Waals surface area (Å²) in [6.45, 7) is 0. The molecule has 4 nitrogen and oxygen atoms in total. The average Bonchev–Trinajstić information content (AvgIpc) is 2.58. The Hall–Kier alpha value is -1.66. The quantitative estimate of drug-likeness (QED) is 0.635. The molecule has 0 unspecified atom stereocenters. The van der Waals surface area contributed by atoms with E-state index in [-0.39, 0.29) is 10.8 Å². The zero-order chi connectivity index (χ0) is 12.4. The van der Waals surface area contributed by atoms with Gasteiger partial charge in [-0.1, -0.05) is 24.4 Å². The molecule has 0 atom stereocenters. The summed E-state index contributed by atoms with van der Waals surface area (Å²) in [5.74, 6) is -0.966. The van der Waals surface area contributed by atoms with E-state index in [2.05, 4.69) is 5.32 Å². The van der Waals surface area contributed by atoms with Crippen LogP contribution in [0.2, 0.25) is 0 Å². The molecule has 0 bridgehead atoms. The number of hydrogen-bond donors (Lipinski definition) is 2. The second-order valence-electron chi connectivity index (χ2n) is 3.28. The van der Waals surface area contributed by atoms with Crippen molar-refractivity contribution in [1.82, 2.24) is 5.32 Å². The lowest BCUT2D eigenvalue weighted by molar-refractivity contribution is 0.0697. The number of carboxylic acids is 1. The first-order valence-corrected chi connectivity index (χ1v) is 5.87. The monoisotopic (exact) mass is 265 g/mol. The summed E-state index contributed by atoms with van der Waals surface area (Å²) >= 11 is 6.00. The maximum atomic E-state index is 11.0. The van der Waals surface area contributed by atoms with Crippen molar-refractivity contribution in [3.8, 4) is 0 Å². The number of carboxylic acid groups (broad SMARTS) is 1. The van der Waals surface area contributed by atoms with Crippen LogP contribution >= 0.6 is 24.0 Å². The first-order valence-electron chi connectivity index (χ1n) is 4.64.